The number of unbranched alkanes of at least 4 members (excludes halogenated alkanes) is 6. The third-order valence-corrected chi connectivity index (χ3v) is 5.71. The van der Waals surface area contributed by atoms with Crippen molar-refractivity contribution < 1.29 is 47.3 Å². The molecule has 28 heavy (non-hydrogen) atoms. The quantitative estimate of drug-likeness (QED) is 0.249. The van der Waals surface area contributed by atoms with Gasteiger partial charge < -0.3 is 9.29 Å². The van der Waals surface area contributed by atoms with Gasteiger partial charge in [0.2, 0.25) is 0 Å². The SMILES string of the molecule is CCCCCCc1ccc(OC(CC)CS(=O)(=O)[O-])cc1CCCCCC.[Na+]. The first-order valence-electron chi connectivity index (χ1n) is 10.6. The molecular weight excluding hydrogens is 383 g/mol. The van der Waals surface area contributed by atoms with Crippen LogP contribution in [0.5, 0.6) is 5.75 Å². The van der Waals surface area contributed by atoms with E-state index in [1.54, 1.807) is 0 Å². The average molecular weight is 421 g/mol. The van der Waals surface area contributed by atoms with E-state index in [1.165, 1.54) is 56.1 Å². The summed E-state index contributed by atoms with van der Waals surface area (Å²) in [6, 6.07) is 6.10. The van der Waals surface area contributed by atoms with Gasteiger partial charge in [0.1, 0.15) is 11.9 Å². The summed E-state index contributed by atoms with van der Waals surface area (Å²) in [6.45, 7) is 6.27. The molecule has 0 aromatic heterocycles. The Morgan fingerprint density at radius 3 is 1.96 bits per heavy atom. The molecule has 0 bridgehead atoms. The summed E-state index contributed by atoms with van der Waals surface area (Å²) >= 11 is 0. The molecule has 6 heteroatoms. The standard InChI is InChI=1S/C22H38O4S.Na/c1-4-7-9-11-13-19-15-16-22(17-20(19)14-12-10-8-5-2)26-21(6-3)18-27(23,24)25;/h15-17,21H,4-14,18H2,1-3H3,(H,23,24,25);/q;+1/p-1. The molecule has 1 aromatic rings. The van der Waals surface area contributed by atoms with Gasteiger partial charge in [0.25, 0.3) is 0 Å². The zero-order valence-corrected chi connectivity index (χ0v) is 21.2. The Bertz CT molecular complexity index is 631. The van der Waals surface area contributed by atoms with E-state index in [2.05, 4.69) is 26.0 Å². The molecule has 0 radical (unpaired) electrons. The third kappa shape index (κ3) is 12.5. The Labute approximate surface area is 194 Å². The number of hydrogen-bond donors (Lipinski definition) is 0. The first-order chi connectivity index (χ1) is 12.9. The van der Waals surface area contributed by atoms with Crippen molar-refractivity contribution in [2.75, 3.05) is 5.75 Å². The van der Waals surface area contributed by atoms with E-state index in [0.29, 0.717) is 12.2 Å². The van der Waals surface area contributed by atoms with E-state index in [0.717, 1.165) is 19.3 Å². The van der Waals surface area contributed by atoms with Gasteiger partial charge in [-0.2, -0.15) is 0 Å². The van der Waals surface area contributed by atoms with Crippen LogP contribution in [0.15, 0.2) is 18.2 Å². The Morgan fingerprint density at radius 1 is 0.893 bits per heavy atom. The monoisotopic (exact) mass is 420 g/mol. The van der Waals surface area contributed by atoms with Crippen molar-refractivity contribution >= 4 is 10.1 Å². The number of rotatable bonds is 15. The van der Waals surface area contributed by atoms with Crippen LogP contribution in [0.3, 0.4) is 0 Å². The van der Waals surface area contributed by atoms with Gasteiger partial charge in [0.15, 0.2) is 0 Å². The first kappa shape index (κ1) is 27.9. The van der Waals surface area contributed by atoms with E-state index in [1.807, 2.05) is 13.0 Å². The fourth-order valence-electron chi connectivity index (χ4n) is 3.29. The maximum Gasteiger partial charge on any atom is 1.00 e. The topological polar surface area (TPSA) is 66.4 Å². The number of benzene rings is 1. The van der Waals surface area contributed by atoms with Gasteiger partial charge in [-0.25, -0.2) is 8.42 Å². The summed E-state index contributed by atoms with van der Waals surface area (Å²) in [5.41, 5.74) is 2.68. The normalized spacial score (nSPS) is 12.4. The van der Waals surface area contributed by atoms with Crippen LogP contribution < -0.4 is 34.3 Å². The molecule has 156 valence electrons. The van der Waals surface area contributed by atoms with Gasteiger partial charge in [-0.15, -0.1) is 0 Å². The van der Waals surface area contributed by atoms with Crippen molar-refractivity contribution in [2.45, 2.75) is 97.5 Å². The molecular formula is C22H37NaO4S. The summed E-state index contributed by atoms with van der Waals surface area (Å²) in [5.74, 6) is 0.196. The number of aryl methyl sites for hydroxylation is 2. The van der Waals surface area contributed by atoms with E-state index in [-0.39, 0.29) is 29.6 Å². The summed E-state index contributed by atoms with van der Waals surface area (Å²) in [6.07, 6.45) is 11.8. The Hall–Kier alpha value is -0.0700. The van der Waals surface area contributed by atoms with Crippen molar-refractivity contribution in [2.24, 2.45) is 0 Å². The summed E-state index contributed by atoms with van der Waals surface area (Å²) in [5, 5.41) is 0. The molecule has 1 rings (SSSR count). The van der Waals surface area contributed by atoms with Crippen molar-refractivity contribution in [3.05, 3.63) is 29.3 Å². The van der Waals surface area contributed by atoms with Crippen LogP contribution in [-0.4, -0.2) is 24.8 Å². The molecule has 0 N–H and O–H groups in total. The van der Waals surface area contributed by atoms with Gasteiger partial charge in [0.05, 0.1) is 15.9 Å². The molecule has 1 aromatic carbocycles. The van der Waals surface area contributed by atoms with Crippen LogP contribution in [0.25, 0.3) is 0 Å². The first-order valence-corrected chi connectivity index (χ1v) is 12.2. The Morgan fingerprint density at radius 2 is 1.46 bits per heavy atom. The molecule has 0 aliphatic heterocycles. The molecule has 0 amide bonds. The number of hydrogen-bond acceptors (Lipinski definition) is 4. The van der Waals surface area contributed by atoms with Gasteiger partial charge in [-0.05, 0) is 55.4 Å². The van der Waals surface area contributed by atoms with E-state index >= 15 is 0 Å². The summed E-state index contributed by atoms with van der Waals surface area (Å²) < 4.78 is 39.0. The molecule has 4 nitrogen and oxygen atoms in total. The molecule has 0 saturated heterocycles. The average Bonchev–Trinajstić information content (AvgIpc) is 2.62. The van der Waals surface area contributed by atoms with Gasteiger partial charge >= 0.3 is 29.6 Å². The second-order valence-electron chi connectivity index (χ2n) is 7.42. The minimum Gasteiger partial charge on any atom is -0.748 e. The summed E-state index contributed by atoms with van der Waals surface area (Å²) in [4.78, 5) is 0. The Kier molecular flexibility index (Phi) is 15.7. The molecule has 0 heterocycles. The zero-order chi connectivity index (χ0) is 20.1. The molecule has 0 aliphatic rings. The predicted molar refractivity (Wildman–Crippen MR) is 111 cm³/mol. The van der Waals surface area contributed by atoms with E-state index in [9.17, 15) is 13.0 Å². The predicted octanol–water partition coefficient (Wildman–Crippen LogP) is 2.64. The largest absolute Gasteiger partial charge is 1.00 e. The zero-order valence-electron chi connectivity index (χ0n) is 18.3. The van der Waals surface area contributed by atoms with Crippen molar-refractivity contribution in [1.29, 1.82) is 0 Å². The molecule has 1 atom stereocenters. The van der Waals surface area contributed by atoms with Crippen molar-refractivity contribution in [1.82, 2.24) is 0 Å². The van der Waals surface area contributed by atoms with Crippen LogP contribution in [0.4, 0.5) is 0 Å². The maximum absolute atomic E-state index is 11.1. The molecule has 0 fully saturated rings. The minimum atomic E-state index is -4.29. The number of ether oxygens (including phenoxy) is 1. The Balaban J connectivity index is 0.00000729. The van der Waals surface area contributed by atoms with Gasteiger partial charge in [-0.3, -0.25) is 0 Å². The van der Waals surface area contributed by atoms with Crippen LogP contribution in [0.2, 0.25) is 0 Å². The second kappa shape index (κ2) is 15.7. The second-order valence-corrected chi connectivity index (χ2v) is 8.87. The molecule has 1 unspecified atom stereocenters. The van der Waals surface area contributed by atoms with Crippen molar-refractivity contribution in [3.8, 4) is 5.75 Å². The summed E-state index contributed by atoms with van der Waals surface area (Å²) in [7, 11) is -4.29. The molecule has 0 saturated carbocycles. The van der Waals surface area contributed by atoms with Crippen molar-refractivity contribution in [3.63, 3.8) is 0 Å². The van der Waals surface area contributed by atoms with Gasteiger partial charge in [0, 0.05) is 0 Å². The van der Waals surface area contributed by atoms with Crippen LogP contribution in [0.1, 0.15) is 89.7 Å². The third-order valence-electron chi connectivity index (χ3n) is 4.93. The van der Waals surface area contributed by atoms with Crippen LogP contribution in [-0.2, 0) is 23.0 Å². The maximum atomic E-state index is 11.1. The van der Waals surface area contributed by atoms with E-state index in [4.69, 9.17) is 4.74 Å². The minimum absolute atomic E-state index is 0. The van der Waals surface area contributed by atoms with E-state index < -0.39 is 22.0 Å². The van der Waals surface area contributed by atoms with Crippen LogP contribution in [0, 0.1) is 0 Å². The fraction of sp³-hybridized carbons (Fsp3) is 0.727. The molecule has 0 aliphatic carbocycles. The van der Waals surface area contributed by atoms with Gasteiger partial charge in [-0.1, -0.05) is 65.4 Å². The van der Waals surface area contributed by atoms with Crippen LogP contribution >= 0.6 is 0 Å². The molecule has 0 spiro atoms. The fourth-order valence-corrected chi connectivity index (χ4v) is 4.05. The smallest absolute Gasteiger partial charge is 0.748 e.